The highest BCUT2D eigenvalue weighted by molar-refractivity contribution is 5.85. The summed E-state index contributed by atoms with van der Waals surface area (Å²) in [5.41, 5.74) is -0.223. The van der Waals surface area contributed by atoms with E-state index in [-0.39, 0.29) is 17.7 Å². The van der Waals surface area contributed by atoms with Gasteiger partial charge in [-0.2, -0.15) is 0 Å². The van der Waals surface area contributed by atoms with Crippen LogP contribution in [0.5, 0.6) is 0 Å². The molecule has 0 aromatic carbocycles. The van der Waals surface area contributed by atoms with Crippen molar-refractivity contribution >= 4 is 5.84 Å². The van der Waals surface area contributed by atoms with Gasteiger partial charge in [0.2, 0.25) is 0 Å². The van der Waals surface area contributed by atoms with Crippen molar-refractivity contribution in [1.29, 1.82) is 0 Å². The van der Waals surface area contributed by atoms with Crippen LogP contribution in [0.4, 0.5) is 0 Å². The zero-order valence-corrected chi connectivity index (χ0v) is 20.6. The molecule has 1 aliphatic rings. The van der Waals surface area contributed by atoms with E-state index in [4.69, 9.17) is 4.99 Å². The lowest BCUT2D eigenvalue weighted by Gasteiger charge is -2.37. The minimum absolute atomic E-state index is 0.0166. The molecule has 0 amide bonds. The third kappa shape index (κ3) is 11.4. The van der Waals surface area contributed by atoms with E-state index >= 15 is 0 Å². The molecule has 0 bridgehead atoms. The van der Waals surface area contributed by atoms with Gasteiger partial charge in [-0.05, 0) is 34.1 Å². The molecule has 3 nitrogen and oxygen atoms in total. The Bertz CT molecular complexity index is 442. The molecule has 0 spiro atoms. The number of hydrogen-bond acceptors (Lipinski definition) is 3. The minimum Gasteiger partial charge on any atom is -0.394 e. The molecule has 1 N–H and O–H groups in total. The van der Waals surface area contributed by atoms with E-state index in [0.29, 0.717) is 0 Å². The van der Waals surface area contributed by atoms with Crippen LogP contribution < -0.4 is 0 Å². The van der Waals surface area contributed by atoms with E-state index < -0.39 is 0 Å². The van der Waals surface area contributed by atoms with Crippen LogP contribution in [0, 0.1) is 0 Å². The molecule has 0 aromatic rings. The fraction of sp³-hybridized carbons (Fsp3) is 0.962. The van der Waals surface area contributed by atoms with Crippen molar-refractivity contribution in [2.24, 2.45) is 4.99 Å². The molecular weight excluding hydrogens is 356 g/mol. The molecule has 0 fully saturated rings. The second-order valence-corrected chi connectivity index (χ2v) is 10.6. The lowest BCUT2D eigenvalue weighted by molar-refractivity contribution is 0.109. The molecule has 0 radical (unpaired) electrons. The highest BCUT2D eigenvalue weighted by atomic mass is 16.3. The van der Waals surface area contributed by atoms with Crippen molar-refractivity contribution in [3.63, 3.8) is 0 Å². The maximum absolute atomic E-state index is 9.75. The van der Waals surface area contributed by atoms with E-state index in [1.807, 2.05) is 0 Å². The van der Waals surface area contributed by atoms with Crippen LogP contribution in [-0.4, -0.2) is 40.1 Å². The van der Waals surface area contributed by atoms with E-state index in [2.05, 4.69) is 39.5 Å². The molecule has 1 rings (SSSR count). The van der Waals surface area contributed by atoms with E-state index in [1.165, 1.54) is 102 Å². The Kier molecular flexibility index (Phi) is 13.2. The lowest BCUT2D eigenvalue weighted by Crippen LogP contribution is -2.50. The van der Waals surface area contributed by atoms with Crippen molar-refractivity contribution in [1.82, 2.24) is 4.90 Å². The standard InChI is InChI=1S/C26H52N2O/c1-6-7-8-9-10-11-12-13-14-15-16-17-18-19-20-21-24-27-25(2,3)22-28(24)26(4,5)23-29/h29H,6-23H2,1-5H3. The fourth-order valence-electron chi connectivity index (χ4n) is 4.42. The van der Waals surface area contributed by atoms with Gasteiger partial charge in [0.15, 0.2) is 0 Å². The van der Waals surface area contributed by atoms with Gasteiger partial charge in [0.1, 0.15) is 5.84 Å². The summed E-state index contributed by atoms with van der Waals surface area (Å²) >= 11 is 0. The van der Waals surface area contributed by atoms with Crippen LogP contribution in [0.3, 0.4) is 0 Å². The van der Waals surface area contributed by atoms with Gasteiger partial charge in [0.05, 0.1) is 17.7 Å². The molecular formula is C26H52N2O. The lowest BCUT2D eigenvalue weighted by atomic mass is 10.00. The highest BCUT2D eigenvalue weighted by Gasteiger charge is 2.38. The second-order valence-electron chi connectivity index (χ2n) is 10.6. The predicted octanol–water partition coefficient (Wildman–Crippen LogP) is 7.51. The number of rotatable bonds is 18. The molecule has 0 aliphatic carbocycles. The quantitative estimate of drug-likeness (QED) is 0.238. The molecule has 1 heterocycles. The van der Waals surface area contributed by atoms with Crippen LogP contribution in [0.15, 0.2) is 4.99 Å². The first-order chi connectivity index (χ1) is 13.8. The van der Waals surface area contributed by atoms with Crippen LogP contribution in [-0.2, 0) is 0 Å². The molecule has 29 heavy (non-hydrogen) atoms. The normalized spacial score (nSPS) is 16.5. The van der Waals surface area contributed by atoms with Crippen molar-refractivity contribution in [3.8, 4) is 0 Å². The minimum atomic E-state index is -0.206. The van der Waals surface area contributed by atoms with E-state index in [0.717, 1.165) is 13.0 Å². The smallest absolute Gasteiger partial charge is 0.100 e. The molecule has 0 aromatic heterocycles. The summed E-state index contributed by atoms with van der Waals surface area (Å²) in [5.74, 6) is 1.21. The summed E-state index contributed by atoms with van der Waals surface area (Å²) < 4.78 is 0. The third-order valence-corrected chi connectivity index (χ3v) is 6.41. The molecule has 0 saturated carbocycles. The van der Waals surface area contributed by atoms with Crippen molar-refractivity contribution in [2.75, 3.05) is 13.2 Å². The Morgan fingerprint density at radius 3 is 1.62 bits per heavy atom. The largest absolute Gasteiger partial charge is 0.394 e. The van der Waals surface area contributed by atoms with Gasteiger partial charge in [-0.1, -0.05) is 96.8 Å². The molecule has 1 aliphatic heterocycles. The van der Waals surface area contributed by atoms with Gasteiger partial charge in [-0.25, -0.2) is 0 Å². The summed E-state index contributed by atoms with van der Waals surface area (Å²) in [4.78, 5) is 7.30. The average Bonchev–Trinajstić information content (AvgIpc) is 3.00. The number of aliphatic hydroxyl groups excluding tert-OH is 1. The van der Waals surface area contributed by atoms with Gasteiger partial charge in [0.25, 0.3) is 0 Å². The van der Waals surface area contributed by atoms with Gasteiger partial charge in [0, 0.05) is 13.0 Å². The number of aliphatic imine (C=N–C) groups is 1. The zero-order chi connectivity index (χ0) is 21.6. The van der Waals surface area contributed by atoms with Crippen molar-refractivity contribution in [2.45, 2.75) is 148 Å². The van der Waals surface area contributed by atoms with E-state index in [9.17, 15) is 5.11 Å². The number of nitrogens with zero attached hydrogens (tertiary/aromatic N) is 2. The van der Waals surface area contributed by atoms with Crippen molar-refractivity contribution < 1.29 is 5.11 Å². The zero-order valence-electron chi connectivity index (χ0n) is 20.6. The Balaban J connectivity index is 2.00. The van der Waals surface area contributed by atoms with Gasteiger partial charge in [-0.3, -0.25) is 4.99 Å². The predicted molar refractivity (Wildman–Crippen MR) is 129 cm³/mol. The number of unbranched alkanes of at least 4 members (excludes halogenated alkanes) is 14. The average molecular weight is 409 g/mol. The maximum atomic E-state index is 9.75. The highest BCUT2D eigenvalue weighted by Crippen LogP contribution is 2.29. The van der Waals surface area contributed by atoms with Gasteiger partial charge < -0.3 is 10.0 Å². The van der Waals surface area contributed by atoms with Gasteiger partial charge in [-0.15, -0.1) is 0 Å². The summed E-state index contributed by atoms with van der Waals surface area (Å²) in [6, 6.07) is 0. The number of aliphatic hydroxyl groups is 1. The van der Waals surface area contributed by atoms with Crippen molar-refractivity contribution in [3.05, 3.63) is 0 Å². The fourth-order valence-corrected chi connectivity index (χ4v) is 4.42. The van der Waals surface area contributed by atoms with Gasteiger partial charge >= 0.3 is 0 Å². The maximum Gasteiger partial charge on any atom is 0.100 e. The molecule has 0 atom stereocenters. The Labute approximate surface area is 182 Å². The summed E-state index contributed by atoms with van der Waals surface area (Å²) in [5, 5.41) is 9.75. The van der Waals surface area contributed by atoms with Crippen LogP contribution >= 0.6 is 0 Å². The number of hydrogen-bond donors (Lipinski definition) is 1. The second kappa shape index (κ2) is 14.4. The monoisotopic (exact) mass is 408 g/mol. The molecule has 172 valence electrons. The first-order valence-electron chi connectivity index (χ1n) is 12.8. The van der Waals surface area contributed by atoms with Crippen LogP contribution in [0.25, 0.3) is 0 Å². The topological polar surface area (TPSA) is 35.8 Å². The first kappa shape index (κ1) is 26.5. The Hall–Kier alpha value is -0.570. The van der Waals surface area contributed by atoms with E-state index in [1.54, 1.807) is 0 Å². The Morgan fingerprint density at radius 2 is 1.21 bits per heavy atom. The summed E-state index contributed by atoms with van der Waals surface area (Å²) in [7, 11) is 0. The molecule has 0 unspecified atom stereocenters. The summed E-state index contributed by atoms with van der Waals surface area (Å²) in [6.07, 6.45) is 22.1. The summed E-state index contributed by atoms with van der Waals surface area (Å²) in [6.45, 7) is 12.0. The van der Waals surface area contributed by atoms with Crippen LogP contribution in [0.2, 0.25) is 0 Å². The molecule has 0 saturated heterocycles. The first-order valence-corrected chi connectivity index (χ1v) is 12.8. The third-order valence-electron chi connectivity index (χ3n) is 6.41. The molecule has 3 heteroatoms. The Morgan fingerprint density at radius 1 is 0.793 bits per heavy atom. The SMILES string of the molecule is CCCCCCCCCCCCCCCCCC1=NC(C)(C)CN1C(C)(C)CO. The number of amidine groups is 1. The van der Waals surface area contributed by atoms with Crippen LogP contribution in [0.1, 0.15) is 137 Å².